The third kappa shape index (κ3) is 2.60. The third-order valence-corrected chi connectivity index (χ3v) is 4.65. The zero-order chi connectivity index (χ0) is 13.9. The highest BCUT2D eigenvalue weighted by Gasteiger charge is 2.12. The van der Waals surface area contributed by atoms with Crippen LogP contribution in [0.25, 0.3) is 11.0 Å². The van der Waals surface area contributed by atoms with Crippen LogP contribution in [-0.2, 0) is 19.4 Å². The lowest BCUT2D eigenvalue weighted by atomic mass is 10.2. The van der Waals surface area contributed by atoms with Crippen LogP contribution in [0.1, 0.15) is 16.3 Å². The van der Waals surface area contributed by atoms with Crippen molar-refractivity contribution >= 4 is 34.0 Å². The van der Waals surface area contributed by atoms with Gasteiger partial charge >= 0.3 is 0 Å². The zero-order valence-corrected chi connectivity index (χ0v) is 13.0. The van der Waals surface area contributed by atoms with Gasteiger partial charge in [0.1, 0.15) is 5.82 Å². The second-order valence-electron chi connectivity index (χ2n) is 4.89. The van der Waals surface area contributed by atoms with Crippen LogP contribution in [0.15, 0.2) is 35.7 Å². The monoisotopic (exact) mass is 304 g/mol. The molecule has 2 aromatic heterocycles. The predicted octanol–water partition coefficient (Wildman–Crippen LogP) is 4.43. The summed E-state index contributed by atoms with van der Waals surface area (Å²) in [7, 11) is 0. The van der Waals surface area contributed by atoms with Crippen molar-refractivity contribution in [2.45, 2.75) is 26.3 Å². The SMILES string of the molecule is Cc1cccc2nc(CCCl)n(CCc3cccs3)c12. The van der Waals surface area contributed by atoms with Crippen LogP contribution in [0, 0.1) is 6.92 Å². The summed E-state index contributed by atoms with van der Waals surface area (Å²) in [5, 5.41) is 2.13. The number of aryl methyl sites for hydroxylation is 4. The maximum absolute atomic E-state index is 5.92. The van der Waals surface area contributed by atoms with Crippen LogP contribution in [-0.4, -0.2) is 15.4 Å². The maximum atomic E-state index is 5.92. The van der Waals surface area contributed by atoms with Crippen LogP contribution in [0.4, 0.5) is 0 Å². The summed E-state index contributed by atoms with van der Waals surface area (Å²) in [5.41, 5.74) is 3.61. The number of para-hydroxylation sites is 1. The highest BCUT2D eigenvalue weighted by molar-refractivity contribution is 7.09. The van der Waals surface area contributed by atoms with Crippen LogP contribution in [0.3, 0.4) is 0 Å². The molecule has 0 aliphatic carbocycles. The number of imidazole rings is 1. The van der Waals surface area contributed by atoms with Crippen molar-refractivity contribution < 1.29 is 0 Å². The van der Waals surface area contributed by atoms with Gasteiger partial charge in [0.05, 0.1) is 11.0 Å². The van der Waals surface area contributed by atoms with Gasteiger partial charge < -0.3 is 4.57 Å². The standard InChI is InChI=1S/C16H17ClN2S/c1-12-4-2-6-14-16(12)19(15(18-14)7-9-17)10-8-13-5-3-11-20-13/h2-6,11H,7-10H2,1H3. The molecule has 0 saturated heterocycles. The van der Waals surface area contributed by atoms with E-state index >= 15 is 0 Å². The smallest absolute Gasteiger partial charge is 0.111 e. The van der Waals surface area contributed by atoms with Crippen molar-refractivity contribution in [1.29, 1.82) is 0 Å². The van der Waals surface area contributed by atoms with Crippen molar-refractivity contribution in [2.24, 2.45) is 0 Å². The fourth-order valence-corrected chi connectivity index (χ4v) is 3.47. The second kappa shape index (κ2) is 5.98. The molecule has 0 unspecified atom stereocenters. The summed E-state index contributed by atoms with van der Waals surface area (Å²) >= 11 is 7.74. The Morgan fingerprint density at radius 2 is 2.10 bits per heavy atom. The van der Waals surface area contributed by atoms with Crippen LogP contribution >= 0.6 is 22.9 Å². The van der Waals surface area contributed by atoms with E-state index in [0.29, 0.717) is 5.88 Å². The van der Waals surface area contributed by atoms with Gasteiger partial charge in [0.2, 0.25) is 0 Å². The lowest BCUT2D eigenvalue weighted by Crippen LogP contribution is -2.07. The highest BCUT2D eigenvalue weighted by atomic mass is 35.5. The predicted molar refractivity (Wildman–Crippen MR) is 86.9 cm³/mol. The first kappa shape index (κ1) is 13.7. The highest BCUT2D eigenvalue weighted by Crippen LogP contribution is 2.22. The zero-order valence-electron chi connectivity index (χ0n) is 11.5. The Morgan fingerprint density at radius 3 is 2.85 bits per heavy atom. The number of alkyl halides is 1. The van der Waals surface area contributed by atoms with Crippen LogP contribution < -0.4 is 0 Å². The molecule has 0 bridgehead atoms. The lowest BCUT2D eigenvalue weighted by molar-refractivity contribution is 0.678. The maximum Gasteiger partial charge on any atom is 0.111 e. The van der Waals surface area contributed by atoms with Crippen molar-refractivity contribution in [3.8, 4) is 0 Å². The normalized spacial score (nSPS) is 11.3. The Hall–Kier alpha value is -1.32. The third-order valence-electron chi connectivity index (χ3n) is 3.53. The fourth-order valence-electron chi connectivity index (χ4n) is 2.61. The number of aromatic nitrogens is 2. The summed E-state index contributed by atoms with van der Waals surface area (Å²) in [6.07, 6.45) is 1.87. The first-order valence-corrected chi connectivity index (χ1v) is 8.24. The Balaban J connectivity index is 1.99. The Kier molecular flexibility index (Phi) is 4.08. The Labute approximate surface area is 128 Å². The summed E-state index contributed by atoms with van der Waals surface area (Å²) in [5.74, 6) is 1.71. The summed E-state index contributed by atoms with van der Waals surface area (Å²) < 4.78 is 2.34. The van der Waals surface area contributed by atoms with E-state index in [9.17, 15) is 0 Å². The first-order chi connectivity index (χ1) is 9.79. The number of hydrogen-bond donors (Lipinski definition) is 0. The number of nitrogens with zero attached hydrogens (tertiary/aromatic N) is 2. The second-order valence-corrected chi connectivity index (χ2v) is 6.30. The number of thiophene rings is 1. The van der Waals surface area contributed by atoms with Gasteiger partial charge in [-0.2, -0.15) is 0 Å². The molecule has 0 fully saturated rings. The van der Waals surface area contributed by atoms with Crippen LogP contribution in [0.5, 0.6) is 0 Å². The molecule has 0 spiro atoms. The average Bonchev–Trinajstić information content (AvgIpc) is 3.05. The summed E-state index contributed by atoms with van der Waals surface area (Å²) in [6, 6.07) is 10.6. The van der Waals surface area contributed by atoms with Crippen molar-refractivity contribution in [1.82, 2.24) is 9.55 Å². The van der Waals surface area contributed by atoms with Gasteiger partial charge in [0.25, 0.3) is 0 Å². The number of benzene rings is 1. The number of fused-ring (bicyclic) bond motifs is 1. The molecule has 0 amide bonds. The Bertz CT molecular complexity index is 701. The molecule has 4 heteroatoms. The molecule has 0 N–H and O–H groups in total. The lowest BCUT2D eigenvalue weighted by Gasteiger charge is -2.09. The van der Waals surface area contributed by atoms with Gasteiger partial charge in [-0.25, -0.2) is 4.98 Å². The van der Waals surface area contributed by atoms with Gasteiger partial charge in [-0.1, -0.05) is 18.2 Å². The van der Waals surface area contributed by atoms with Gasteiger partial charge in [-0.15, -0.1) is 22.9 Å². The van der Waals surface area contributed by atoms with Crippen molar-refractivity contribution in [3.05, 3.63) is 52.0 Å². The summed E-state index contributed by atoms with van der Waals surface area (Å²) in [4.78, 5) is 6.16. The van der Waals surface area contributed by atoms with E-state index in [4.69, 9.17) is 16.6 Å². The number of halogens is 1. The Morgan fingerprint density at radius 1 is 1.20 bits per heavy atom. The number of hydrogen-bond acceptors (Lipinski definition) is 2. The largest absolute Gasteiger partial charge is 0.327 e. The number of rotatable bonds is 5. The van der Waals surface area contributed by atoms with E-state index in [0.717, 1.165) is 30.7 Å². The minimum Gasteiger partial charge on any atom is -0.327 e. The molecule has 0 saturated carbocycles. The molecule has 2 nitrogen and oxygen atoms in total. The van der Waals surface area contributed by atoms with Crippen molar-refractivity contribution in [2.75, 3.05) is 5.88 Å². The van der Waals surface area contributed by atoms with E-state index in [1.165, 1.54) is 16.0 Å². The molecule has 104 valence electrons. The quantitative estimate of drug-likeness (QED) is 0.638. The average molecular weight is 305 g/mol. The first-order valence-electron chi connectivity index (χ1n) is 6.82. The molecular formula is C16H17ClN2S. The van der Waals surface area contributed by atoms with Gasteiger partial charge in [0, 0.05) is 23.7 Å². The molecule has 20 heavy (non-hydrogen) atoms. The summed E-state index contributed by atoms with van der Waals surface area (Å²) in [6.45, 7) is 3.12. The molecular weight excluding hydrogens is 288 g/mol. The van der Waals surface area contributed by atoms with Gasteiger partial charge in [-0.05, 0) is 36.4 Å². The van der Waals surface area contributed by atoms with Gasteiger partial charge in [0.15, 0.2) is 0 Å². The van der Waals surface area contributed by atoms with E-state index in [-0.39, 0.29) is 0 Å². The minimum atomic E-state index is 0.612. The molecule has 3 rings (SSSR count). The molecule has 2 heterocycles. The minimum absolute atomic E-state index is 0.612. The molecule has 0 aliphatic heterocycles. The molecule has 0 radical (unpaired) electrons. The van der Waals surface area contributed by atoms with E-state index in [1.54, 1.807) is 0 Å². The van der Waals surface area contributed by atoms with E-state index < -0.39 is 0 Å². The molecule has 0 atom stereocenters. The van der Waals surface area contributed by atoms with E-state index in [1.807, 2.05) is 11.3 Å². The van der Waals surface area contributed by atoms with E-state index in [2.05, 4.69) is 47.2 Å². The fraction of sp³-hybridized carbons (Fsp3) is 0.312. The molecule has 1 aromatic carbocycles. The molecule has 3 aromatic rings. The molecule has 0 aliphatic rings. The van der Waals surface area contributed by atoms with Crippen LogP contribution in [0.2, 0.25) is 0 Å². The van der Waals surface area contributed by atoms with Crippen molar-refractivity contribution in [3.63, 3.8) is 0 Å². The topological polar surface area (TPSA) is 17.8 Å². The van der Waals surface area contributed by atoms with Gasteiger partial charge in [-0.3, -0.25) is 0 Å².